The lowest BCUT2D eigenvalue weighted by molar-refractivity contribution is 0.102. The number of nitrogens with one attached hydrogen (secondary N) is 1. The van der Waals surface area contributed by atoms with Gasteiger partial charge in [-0.05, 0) is 29.7 Å². The molecule has 22 heavy (non-hydrogen) atoms. The number of para-hydroxylation sites is 1. The minimum absolute atomic E-state index is 0.240. The van der Waals surface area contributed by atoms with Crippen LogP contribution < -0.4 is 5.32 Å². The average Bonchev–Trinajstić information content (AvgIpc) is 2.89. The van der Waals surface area contributed by atoms with E-state index >= 15 is 0 Å². The van der Waals surface area contributed by atoms with Gasteiger partial charge in [0.2, 0.25) is 0 Å². The van der Waals surface area contributed by atoms with E-state index in [1.807, 2.05) is 12.1 Å². The highest BCUT2D eigenvalue weighted by molar-refractivity contribution is 7.22. The Hall–Kier alpha value is -1.91. The molecule has 0 atom stereocenters. The van der Waals surface area contributed by atoms with Gasteiger partial charge in [-0.25, -0.2) is 4.98 Å². The highest BCUT2D eigenvalue weighted by Crippen LogP contribution is 2.32. The maximum Gasteiger partial charge on any atom is 0.258 e. The van der Waals surface area contributed by atoms with Crippen molar-refractivity contribution in [3.63, 3.8) is 0 Å². The normalized spacial score (nSPS) is 11.1. The third-order valence-electron chi connectivity index (χ3n) is 3.41. The molecule has 0 saturated carbocycles. The number of halogens is 1. The highest BCUT2D eigenvalue weighted by Gasteiger charge is 2.14. The Labute approximate surface area is 138 Å². The Morgan fingerprint density at radius 3 is 2.68 bits per heavy atom. The van der Waals surface area contributed by atoms with Gasteiger partial charge < -0.3 is 0 Å². The van der Waals surface area contributed by atoms with Crippen molar-refractivity contribution in [1.82, 2.24) is 4.98 Å². The maximum atomic E-state index is 12.3. The van der Waals surface area contributed by atoms with Gasteiger partial charge in [0, 0.05) is 0 Å². The number of amides is 1. The van der Waals surface area contributed by atoms with E-state index < -0.39 is 0 Å². The zero-order valence-corrected chi connectivity index (χ0v) is 13.8. The molecular weight excluding hydrogens is 316 g/mol. The van der Waals surface area contributed by atoms with Gasteiger partial charge in [-0.3, -0.25) is 10.1 Å². The van der Waals surface area contributed by atoms with Crippen molar-refractivity contribution in [3.05, 3.63) is 58.6 Å². The molecule has 0 aliphatic carbocycles. The van der Waals surface area contributed by atoms with E-state index in [-0.39, 0.29) is 5.91 Å². The summed E-state index contributed by atoms with van der Waals surface area (Å²) in [6.07, 6.45) is 0. The molecule has 0 spiro atoms. The zero-order chi connectivity index (χ0) is 15.7. The van der Waals surface area contributed by atoms with Crippen LogP contribution in [0, 0.1) is 0 Å². The minimum atomic E-state index is -0.240. The number of benzene rings is 2. The minimum Gasteiger partial charge on any atom is -0.298 e. The summed E-state index contributed by atoms with van der Waals surface area (Å²) >= 11 is 7.52. The molecule has 3 nitrogen and oxygen atoms in total. The van der Waals surface area contributed by atoms with E-state index in [4.69, 9.17) is 11.6 Å². The molecule has 0 radical (unpaired) electrons. The van der Waals surface area contributed by atoms with E-state index in [2.05, 4.69) is 30.2 Å². The monoisotopic (exact) mass is 330 g/mol. The molecule has 1 N–H and O–H groups in total. The van der Waals surface area contributed by atoms with Crippen LogP contribution in [0.5, 0.6) is 0 Å². The zero-order valence-electron chi connectivity index (χ0n) is 12.3. The van der Waals surface area contributed by atoms with Crippen LogP contribution in [0.2, 0.25) is 5.02 Å². The van der Waals surface area contributed by atoms with Gasteiger partial charge in [0.05, 0.1) is 20.8 Å². The van der Waals surface area contributed by atoms with Crippen LogP contribution in [0.15, 0.2) is 42.5 Å². The Morgan fingerprint density at radius 2 is 1.95 bits per heavy atom. The smallest absolute Gasteiger partial charge is 0.258 e. The molecule has 1 aromatic heterocycles. The molecule has 3 aromatic rings. The predicted octanol–water partition coefficient (Wildman–Crippen LogP) is 5.33. The summed E-state index contributed by atoms with van der Waals surface area (Å²) in [5.41, 5.74) is 2.59. The van der Waals surface area contributed by atoms with Crippen LogP contribution in [0.4, 0.5) is 5.13 Å². The Kier molecular flexibility index (Phi) is 4.14. The third kappa shape index (κ3) is 2.85. The number of thiazole rings is 1. The lowest BCUT2D eigenvalue weighted by Gasteiger charge is -2.05. The molecule has 0 aliphatic heterocycles. The van der Waals surface area contributed by atoms with Gasteiger partial charge in [-0.15, -0.1) is 0 Å². The molecular formula is C17H15ClN2OS. The number of fused-ring (bicyclic) bond motifs is 1. The number of hydrogen-bond acceptors (Lipinski definition) is 3. The fourth-order valence-electron chi connectivity index (χ4n) is 2.30. The first-order valence-corrected chi connectivity index (χ1v) is 8.21. The topological polar surface area (TPSA) is 42.0 Å². The molecule has 3 rings (SSSR count). The van der Waals surface area contributed by atoms with Crippen LogP contribution >= 0.6 is 22.9 Å². The number of nitrogens with zero attached hydrogens (tertiary/aromatic N) is 1. The molecule has 0 fully saturated rings. The molecule has 0 unspecified atom stereocenters. The van der Waals surface area contributed by atoms with Crippen molar-refractivity contribution in [2.75, 3.05) is 5.32 Å². The molecule has 5 heteroatoms. The maximum absolute atomic E-state index is 12.3. The first-order chi connectivity index (χ1) is 10.6. The van der Waals surface area contributed by atoms with Crippen LogP contribution in [0.3, 0.4) is 0 Å². The van der Waals surface area contributed by atoms with Crippen molar-refractivity contribution in [2.24, 2.45) is 0 Å². The molecule has 2 aromatic carbocycles. The quantitative estimate of drug-likeness (QED) is 0.705. The third-order valence-corrected chi connectivity index (χ3v) is 4.68. The predicted molar refractivity (Wildman–Crippen MR) is 93.1 cm³/mol. The van der Waals surface area contributed by atoms with Crippen molar-refractivity contribution >= 4 is 44.2 Å². The number of anilines is 1. The van der Waals surface area contributed by atoms with E-state index in [0.717, 1.165) is 10.2 Å². The molecule has 0 aliphatic rings. The summed E-state index contributed by atoms with van der Waals surface area (Å²) in [4.78, 5) is 16.9. The van der Waals surface area contributed by atoms with E-state index in [1.165, 1.54) is 16.9 Å². The summed E-state index contributed by atoms with van der Waals surface area (Å²) in [5, 5.41) is 3.86. The van der Waals surface area contributed by atoms with Crippen LogP contribution in [-0.2, 0) is 0 Å². The SMILES string of the molecule is CC(C)c1cccc2sc(NC(=O)c3ccccc3Cl)nc12. The van der Waals surface area contributed by atoms with Crippen LogP contribution in [0.25, 0.3) is 10.2 Å². The number of rotatable bonds is 3. The molecule has 1 heterocycles. The first kappa shape index (κ1) is 15.0. The standard InChI is InChI=1S/C17H15ClN2OS/c1-10(2)11-7-5-9-14-15(11)19-17(22-14)20-16(21)12-6-3-4-8-13(12)18/h3-10H,1-2H3,(H,19,20,21). The summed E-state index contributed by atoms with van der Waals surface area (Å²) in [7, 11) is 0. The second-order valence-corrected chi connectivity index (χ2v) is 6.74. The summed E-state index contributed by atoms with van der Waals surface area (Å²) < 4.78 is 1.07. The van der Waals surface area contributed by atoms with E-state index in [1.54, 1.807) is 24.3 Å². The summed E-state index contributed by atoms with van der Waals surface area (Å²) in [6.45, 7) is 4.27. The summed E-state index contributed by atoms with van der Waals surface area (Å²) in [5.74, 6) is 0.147. The first-order valence-electron chi connectivity index (χ1n) is 7.01. The number of carbonyl (C=O) groups is 1. The van der Waals surface area contributed by atoms with Crippen LogP contribution in [0.1, 0.15) is 35.7 Å². The Balaban J connectivity index is 1.93. The molecule has 1 amide bonds. The van der Waals surface area contributed by atoms with Gasteiger partial charge >= 0.3 is 0 Å². The van der Waals surface area contributed by atoms with Gasteiger partial charge in [-0.2, -0.15) is 0 Å². The van der Waals surface area contributed by atoms with Gasteiger partial charge in [0.15, 0.2) is 5.13 Å². The largest absolute Gasteiger partial charge is 0.298 e. The van der Waals surface area contributed by atoms with E-state index in [0.29, 0.717) is 21.6 Å². The fraction of sp³-hybridized carbons (Fsp3) is 0.176. The van der Waals surface area contributed by atoms with Gasteiger partial charge in [0.1, 0.15) is 0 Å². The fourth-order valence-corrected chi connectivity index (χ4v) is 3.42. The number of hydrogen-bond donors (Lipinski definition) is 1. The van der Waals surface area contributed by atoms with Crippen molar-refractivity contribution in [1.29, 1.82) is 0 Å². The Morgan fingerprint density at radius 1 is 1.18 bits per heavy atom. The average molecular weight is 331 g/mol. The number of carbonyl (C=O) groups excluding carboxylic acids is 1. The molecule has 112 valence electrons. The second-order valence-electron chi connectivity index (χ2n) is 5.30. The second kappa shape index (κ2) is 6.07. The number of aromatic nitrogens is 1. The molecule has 0 bridgehead atoms. The lowest BCUT2D eigenvalue weighted by Crippen LogP contribution is -2.12. The van der Waals surface area contributed by atoms with Gasteiger partial charge in [-0.1, -0.05) is 61.1 Å². The Bertz CT molecular complexity index is 842. The van der Waals surface area contributed by atoms with Crippen LogP contribution in [-0.4, -0.2) is 10.9 Å². The highest BCUT2D eigenvalue weighted by atomic mass is 35.5. The summed E-state index contributed by atoms with van der Waals surface area (Å²) in [6, 6.07) is 13.1. The van der Waals surface area contributed by atoms with Gasteiger partial charge in [0.25, 0.3) is 5.91 Å². The van der Waals surface area contributed by atoms with Crippen molar-refractivity contribution < 1.29 is 4.79 Å². The van der Waals surface area contributed by atoms with Crippen molar-refractivity contribution in [3.8, 4) is 0 Å². The molecule has 0 saturated heterocycles. The van der Waals surface area contributed by atoms with Crippen molar-refractivity contribution in [2.45, 2.75) is 19.8 Å². The lowest BCUT2D eigenvalue weighted by atomic mass is 10.0. The van der Waals surface area contributed by atoms with E-state index in [9.17, 15) is 4.79 Å².